The minimum absolute atomic E-state index is 0.0739. The lowest BCUT2D eigenvalue weighted by molar-refractivity contribution is -0.191. The third-order valence-corrected chi connectivity index (χ3v) is 7.14. The van der Waals surface area contributed by atoms with Crippen LogP contribution in [-0.2, 0) is 10.2 Å². The molecule has 1 saturated heterocycles. The average Bonchev–Trinajstić information content (AvgIpc) is 2.85. The van der Waals surface area contributed by atoms with Gasteiger partial charge in [-0.25, -0.2) is 4.98 Å². The standard InChI is InChI=1S/C26H32ClF3N4O2/c1-25(26(28,29)30,19-9-5-4-6-10-19)24(36)31-15-7-8-18-13-16-34(17-14-18)21-12-11-20(22(27)32-21)23(35)33(2)3/h4-6,9-12,18H,7-8,13-17H2,1-3H3,(H,31,36)/t25-/m1/s1. The van der Waals surface area contributed by atoms with Crippen LogP contribution in [0.15, 0.2) is 42.5 Å². The summed E-state index contributed by atoms with van der Waals surface area (Å²) in [6.07, 6.45) is -1.50. The molecule has 10 heteroatoms. The molecule has 196 valence electrons. The zero-order chi connectivity index (χ0) is 26.5. The normalized spacial score (nSPS) is 16.4. The number of piperidine rings is 1. The summed E-state index contributed by atoms with van der Waals surface area (Å²) in [5, 5.41) is 2.68. The zero-order valence-electron chi connectivity index (χ0n) is 20.7. The summed E-state index contributed by atoms with van der Waals surface area (Å²) in [6, 6.07) is 10.8. The van der Waals surface area contributed by atoms with Crippen LogP contribution >= 0.6 is 11.6 Å². The van der Waals surface area contributed by atoms with Gasteiger partial charge in [-0.15, -0.1) is 0 Å². The first-order valence-electron chi connectivity index (χ1n) is 12.0. The molecule has 2 heterocycles. The van der Waals surface area contributed by atoms with Crippen LogP contribution in [0.5, 0.6) is 0 Å². The van der Waals surface area contributed by atoms with E-state index in [0.717, 1.165) is 39.3 Å². The van der Waals surface area contributed by atoms with Crippen LogP contribution in [0.1, 0.15) is 48.5 Å². The Labute approximate surface area is 214 Å². The predicted molar refractivity (Wildman–Crippen MR) is 134 cm³/mol. The highest BCUT2D eigenvalue weighted by atomic mass is 35.5. The Morgan fingerprint density at radius 1 is 1.11 bits per heavy atom. The van der Waals surface area contributed by atoms with Crippen LogP contribution in [0.4, 0.5) is 19.0 Å². The summed E-state index contributed by atoms with van der Waals surface area (Å²) in [6.45, 7) is 2.65. The fraction of sp³-hybridized carbons (Fsp3) is 0.500. The second kappa shape index (κ2) is 11.5. The summed E-state index contributed by atoms with van der Waals surface area (Å²) < 4.78 is 41.5. The number of halogens is 4. The summed E-state index contributed by atoms with van der Waals surface area (Å²) >= 11 is 6.24. The SMILES string of the molecule is CN(C)C(=O)c1ccc(N2CCC(CCCNC(=O)[C@@](C)(c3ccccc3)C(F)(F)F)CC2)nc1Cl. The number of pyridine rings is 1. The second-order valence-corrected chi connectivity index (χ2v) is 9.88. The number of hydrogen-bond donors (Lipinski definition) is 1. The molecule has 0 radical (unpaired) electrons. The van der Waals surface area contributed by atoms with Crippen molar-refractivity contribution >= 4 is 29.2 Å². The Bertz CT molecular complexity index is 1060. The van der Waals surface area contributed by atoms with Crippen molar-refractivity contribution in [2.45, 2.75) is 44.2 Å². The Hall–Kier alpha value is -2.81. The molecule has 2 aromatic rings. The molecule has 1 atom stereocenters. The molecule has 6 nitrogen and oxygen atoms in total. The molecular weight excluding hydrogens is 493 g/mol. The van der Waals surface area contributed by atoms with E-state index in [1.807, 2.05) is 0 Å². The number of nitrogens with zero attached hydrogens (tertiary/aromatic N) is 3. The molecule has 1 aliphatic heterocycles. The quantitative estimate of drug-likeness (QED) is 0.387. The van der Waals surface area contributed by atoms with Crippen molar-refractivity contribution in [3.63, 3.8) is 0 Å². The van der Waals surface area contributed by atoms with E-state index in [0.29, 0.717) is 23.7 Å². The van der Waals surface area contributed by atoms with Gasteiger partial charge in [-0.05, 0) is 56.2 Å². The fourth-order valence-electron chi connectivity index (χ4n) is 4.42. The summed E-state index contributed by atoms with van der Waals surface area (Å²) in [4.78, 5) is 32.7. The number of alkyl halides is 3. The first-order chi connectivity index (χ1) is 16.9. The fourth-order valence-corrected chi connectivity index (χ4v) is 4.65. The van der Waals surface area contributed by atoms with Crippen molar-refractivity contribution in [3.05, 3.63) is 58.7 Å². The van der Waals surface area contributed by atoms with Crippen molar-refractivity contribution in [1.82, 2.24) is 15.2 Å². The van der Waals surface area contributed by atoms with E-state index in [1.165, 1.54) is 29.2 Å². The molecule has 2 amide bonds. The number of benzene rings is 1. The van der Waals surface area contributed by atoms with Gasteiger partial charge in [0, 0.05) is 33.7 Å². The van der Waals surface area contributed by atoms with E-state index in [1.54, 1.807) is 32.3 Å². The maximum Gasteiger partial charge on any atom is 0.406 e. The number of amides is 2. The van der Waals surface area contributed by atoms with E-state index in [9.17, 15) is 22.8 Å². The lowest BCUT2D eigenvalue weighted by Crippen LogP contribution is -2.52. The highest BCUT2D eigenvalue weighted by Crippen LogP contribution is 2.41. The molecule has 1 aliphatic rings. The van der Waals surface area contributed by atoms with Crippen molar-refractivity contribution in [1.29, 1.82) is 0 Å². The van der Waals surface area contributed by atoms with Crippen LogP contribution < -0.4 is 10.2 Å². The molecule has 0 aliphatic carbocycles. The summed E-state index contributed by atoms with van der Waals surface area (Å²) in [5.74, 6) is -0.112. The Morgan fingerprint density at radius 3 is 2.31 bits per heavy atom. The monoisotopic (exact) mass is 524 g/mol. The summed E-state index contributed by atoms with van der Waals surface area (Å²) in [5.41, 5.74) is -2.31. The largest absolute Gasteiger partial charge is 0.406 e. The zero-order valence-corrected chi connectivity index (χ0v) is 21.5. The number of anilines is 1. The Balaban J connectivity index is 1.48. The molecular formula is C26H32ClF3N4O2. The van der Waals surface area contributed by atoms with Crippen LogP contribution in [-0.4, -0.2) is 61.6 Å². The van der Waals surface area contributed by atoms with E-state index >= 15 is 0 Å². The third-order valence-electron chi connectivity index (χ3n) is 6.86. The molecule has 0 bridgehead atoms. The van der Waals surface area contributed by atoms with Crippen molar-refractivity contribution in [3.8, 4) is 0 Å². The maximum atomic E-state index is 13.8. The smallest absolute Gasteiger partial charge is 0.357 e. The Morgan fingerprint density at radius 2 is 1.75 bits per heavy atom. The van der Waals surface area contributed by atoms with Gasteiger partial charge in [-0.2, -0.15) is 13.2 Å². The highest BCUT2D eigenvalue weighted by Gasteiger charge is 2.57. The Kier molecular flexibility index (Phi) is 8.87. The number of hydrogen-bond acceptors (Lipinski definition) is 4. The van der Waals surface area contributed by atoms with Crippen molar-refractivity contribution in [2.24, 2.45) is 5.92 Å². The van der Waals surface area contributed by atoms with Gasteiger partial charge in [0.25, 0.3) is 5.91 Å². The van der Waals surface area contributed by atoms with E-state index in [4.69, 9.17) is 11.6 Å². The van der Waals surface area contributed by atoms with Gasteiger partial charge in [0.15, 0.2) is 5.41 Å². The molecule has 3 rings (SSSR count). The minimum Gasteiger partial charge on any atom is -0.357 e. The van der Waals surface area contributed by atoms with Gasteiger partial charge in [0.1, 0.15) is 11.0 Å². The molecule has 36 heavy (non-hydrogen) atoms. The third kappa shape index (κ3) is 6.11. The van der Waals surface area contributed by atoms with Crippen molar-refractivity contribution in [2.75, 3.05) is 38.6 Å². The predicted octanol–water partition coefficient (Wildman–Crippen LogP) is 5.07. The second-order valence-electron chi connectivity index (χ2n) is 9.52. The number of aromatic nitrogens is 1. The van der Waals surface area contributed by atoms with Crippen LogP contribution in [0, 0.1) is 5.92 Å². The van der Waals surface area contributed by atoms with E-state index in [-0.39, 0.29) is 23.2 Å². The first-order valence-corrected chi connectivity index (χ1v) is 12.4. The van der Waals surface area contributed by atoms with Gasteiger partial charge in [-0.3, -0.25) is 9.59 Å². The van der Waals surface area contributed by atoms with Gasteiger partial charge < -0.3 is 15.1 Å². The van der Waals surface area contributed by atoms with Crippen LogP contribution in [0.25, 0.3) is 0 Å². The molecule has 1 aromatic heterocycles. The van der Waals surface area contributed by atoms with Gasteiger partial charge in [-0.1, -0.05) is 41.9 Å². The molecule has 0 unspecified atom stereocenters. The number of carbonyl (C=O) groups excluding carboxylic acids is 2. The molecule has 1 fully saturated rings. The van der Waals surface area contributed by atoms with Gasteiger partial charge in [0.05, 0.1) is 5.56 Å². The number of nitrogens with one attached hydrogen (secondary N) is 1. The summed E-state index contributed by atoms with van der Waals surface area (Å²) in [7, 11) is 3.31. The van der Waals surface area contributed by atoms with Crippen LogP contribution in [0.2, 0.25) is 5.15 Å². The van der Waals surface area contributed by atoms with E-state index in [2.05, 4.69) is 15.2 Å². The van der Waals surface area contributed by atoms with Gasteiger partial charge in [0.2, 0.25) is 5.91 Å². The molecule has 0 spiro atoms. The topological polar surface area (TPSA) is 65.5 Å². The lowest BCUT2D eigenvalue weighted by atomic mass is 9.80. The highest BCUT2D eigenvalue weighted by molar-refractivity contribution is 6.32. The molecule has 1 aromatic carbocycles. The van der Waals surface area contributed by atoms with E-state index < -0.39 is 17.5 Å². The molecule has 0 saturated carbocycles. The van der Waals surface area contributed by atoms with Crippen molar-refractivity contribution < 1.29 is 22.8 Å². The first kappa shape index (κ1) is 27.8. The number of rotatable bonds is 8. The van der Waals surface area contributed by atoms with Gasteiger partial charge >= 0.3 is 6.18 Å². The number of carbonyl (C=O) groups is 2. The lowest BCUT2D eigenvalue weighted by Gasteiger charge is -2.33. The minimum atomic E-state index is -4.71. The van der Waals surface area contributed by atoms with Crippen LogP contribution in [0.3, 0.4) is 0 Å². The average molecular weight is 525 g/mol. The maximum absolute atomic E-state index is 13.8. The molecule has 1 N–H and O–H groups in total.